The molecule has 1 N–H and O–H groups in total. The number of nitrogens with one attached hydrogen (secondary N) is 1. The standard InChI is InChI=1S/C22H22N6O4/c1-12-8-25-19(10-23-12)27-21(29)14-6-17-15(5-13(2)31-17)18(7-14)32-20-11-24-16(9-26-20)22(30)28(3)4/h6-11,13H,5H2,1-4H3,(H,25,27,29). The summed E-state index contributed by atoms with van der Waals surface area (Å²) in [4.78, 5) is 42.8. The van der Waals surface area contributed by atoms with Gasteiger partial charge in [0.25, 0.3) is 11.8 Å². The summed E-state index contributed by atoms with van der Waals surface area (Å²) in [5.41, 5.74) is 2.12. The first kappa shape index (κ1) is 21.2. The zero-order valence-electron chi connectivity index (χ0n) is 18.1. The Morgan fingerprint density at radius 3 is 2.56 bits per heavy atom. The van der Waals surface area contributed by atoms with Gasteiger partial charge in [-0.15, -0.1) is 0 Å². The smallest absolute Gasteiger partial charge is 0.273 e. The molecule has 1 aliphatic rings. The van der Waals surface area contributed by atoms with E-state index in [-0.39, 0.29) is 29.5 Å². The van der Waals surface area contributed by atoms with Crippen molar-refractivity contribution in [3.8, 4) is 17.4 Å². The van der Waals surface area contributed by atoms with Gasteiger partial charge in [-0.2, -0.15) is 0 Å². The van der Waals surface area contributed by atoms with Gasteiger partial charge in [0.15, 0.2) is 5.82 Å². The highest BCUT2D eigenvalue weighted by Crippen LogP contribution is 2.39. The van der Waals surface area contributed by atoms with Crippen LogP contribution in [0.4, 0.5) is 5.82 Å². The van der Waals surface area contributed by atoms with E-state index >= 15 is 0 Å². The number of rotatable bonds is 5. The Balaban J connectivity index is 1.60. The van der Waals surface area contributed by atoms with Crippen LogP contribution in [0, 0.1) is 6.92 Å². The molecule has 3 heterocycles. The number of carbonyl (C=O) groups is 2. The van der Waals surface area contributed by atoms with E-state index in [0.29, 0.717) is 29.3 Å². The molecule has 2 amide bonds. The Morgan fingerprint density at radius 1 is 1.09 bits per heavy atom. The van der Waals surface area contributed by atoms with Crippen molar-refractivity contribution in [2.45, 2.75) is 26.4 Å². The predicted octanol–water partition coefficient (Wildman–Crippen LogP) is 2.64. The number of anilines is 1. The van der Waals surface area contributed by atoms with Crippen molar-refractivity contribution >= 4 is 17.6 Å². The summed E-state index contributed by atoms with van der Waals surface area (Å²) in [6, 6.07) is 3.30. The van der Waals surface area contributed by atoms with Crippen molar-refractivity contribution in [3.05, 3.63) is 59.4 Å². The van der Waals surface area contributed by atoms with Gasteiger partial charge >= 0.3 is 0 Å². The van der Waals surface area contributed by atoms with E-state index in [4.69, 9.17) is 9.47 Å². The second-order valence-corrected chi connectivity index (χ2v) is 7.62. The Morgan fingerprint density at radius 2 is 1.91 bits per heavy atom. The van der Waals surface area contributed by atoms with Crippen LogP contribution >= 0.6 is 0 Å². The highest BCUT2D eigenvalue weighted by atomic mass is 16.5. The van der Waals surface area contributed by atoms with Crippen molar-refractivity contribution in [2.75, 3.05) is 19.4 Å². The molecule has 1 atom stereocenters. The van der Waals surface area contributed by atoms with E-state index in [0.717, 1.165) is 11.3 Å². The maximum atomic E-state index is 12.8. The minimum absolute atomic E-state index is 0.0557. The number of hydrogen-bond acceptors (Lipinski definition) is 8. The highest BCUT2D eigenvalue weighted by Gasteiger charge is 2.26. The summed E-state index contributed by atoms with van der Waals surface area (Å²) in [6.45, 7) is 3.75. The molecule has 0 bridgehead atoms. The van der Waals surface area contributed by atoms with Crippen molar-refractivity contribution in [3.63, 3.8) is 0 Å². The highest BCUT2D eigenvalue weighted by molar-refractivity contribution is 6.04. The van der Waals surface area contributed by atoms with E-state index in [1.165, 1.54) is 23.5 Å². The van der Waals surface area contributed by atoms with Crippen LogP contribution in [0.15, 0.2) is 36.9 Å². The number of carbonyl (C=O) groups excluding carboxylic acids is 2. The summed E-state index contributed by atoms with van der Waals surface area (Å²) < 4.78 is 11.8. The Hall–Kier alpha value is -4.08. The van der Waals surface area contributed by atoms with Gasteiger partial charge in [-0.25, -0.2) is 15.0 Å². The summed E-state index contributed by atoms with van der Waals surface area (Å²) in [5, 5.41) is 2.72. The van der Waals surface area contributed by atoms with Crippen LogP contribution in [0.25, 0.3) is 0 Å². The molecule has 0 saturated heterocycles. The summed E-state index contributed by atoms with van der Waals surface area (Å²) in [5.74, 6) is 0.909. The Bertz CT molecular complexity index is 1160. The number of amides is 2. The first-order chi connectivity index (χ1) is 15.3. The van der Waals surface area contributed by atoms with Crippen molar-refractivity contribution < 1.29 is 19.1 Å². The van der Waals surface area contributed by atoms with E-state index in [9.17, 15) is 9.59 Å². The minimum Gasteiger partial charge on any atom is -0.490 e. The fourth-order valence-electron chi connectivity index (χ4n) is 3.16. The predicted molar refractivity (Wildman–Crippen MR) is 115 cm³/mol. The molecule has 0 saturated carbocycles. The lowest BCUT2D eigenvalue weighted by atomic mass is 10.1. The molecule has 0 spiro atoms. The molecule has 164 valence electrons. The fraction of sp³-hybridized carbons (Fsp3) is 0.273. The molecule has 2 aromatic heterocycles. The van der Waals surface area contributed by atoms with E-state index < -0.39 is 0 Å². The number of fused-ring (bicyclic) bond motifs is 1. The third kappa shape index (κ3) is 4.48. The second-order valence-electron chi connectivity index (χ2n) is 7.62. The molecular formula is C22H22N6O4. The molecule has 4 rings (SSSR count). The van der Waals surface area contributed by atoms with Gasteiger partial charge in [-0.05, 0) is 26.0 Å². The first-order valence-electron chi connectivity index (χ1n) is 9.95. The van der Waals surface area contributed by atoms with Gasteiger partial charge in [0.1, 0.15) is 23.3 Å². The molecule has 10 nitrogen and oxygen atoms in total. The molecule has 0 aliphatic carbocycles. The number of nitrogens with zero attached hydrogens (tertiary/aromatic N) is 5. The third-order valence-electron chi connectivity index (χ3n) is 4.74. The van der Waals surface area contributed by atoms with Crippen LogP contribution in [0.1, 0.15) is 39.0 Å². The SMILES string of the molecule is Cc1cnc(NC(=O)c2cc(Oc3cnc(C(=O)N(C)C)cn3)c3c(c2)OC(C)C3)cn1. The quantitative estimate of drug-likeness (QED) is 0.651. The number of hydrogen-bond donors (Lipinski definition) is 1. The van der Waals surface area contributed by atoms with E-state index in [1.54, 1.807) is 32.4 Å². The lowest BCUT2D eigenvalue weighted by Crippen LogP contribution is -2.22. The lowest BCUT2D eigenvalue weighted by Gasteiger charge is -2.12. The minimum atomic E-state index is -0.378. The van der Waals surface area contributed by atoms with Crippen molar-refractivity contribution in [1.82, 2.24) is 24.8 Å². The molecule has 1 aromatic carbocycles. The van der Waals surface area contributed by atoms with E-state index in [1.807, 2.05) is 13.8 Å². The number of aryl methyl sites for hydroxylation is 1. The van der Waals surface area contributed by atoms with Crippen LogP contribution < -0.4 is 14.8 Å². The average molecular weight is 434 g/mol. The fourth-order valence-corrected chi connectivity index (χ4v) is 3.16. The molecule has 0 radical (unpaired) electrons. The van der Waals surface area contributed by atoms with Gasteiger partial charge in [0.2, 0.25) is 5.88 Å². The molecular weight excluding hydrogens is 412 g/mol. The molecule has 32 heavy (non-hydrogen) atoms. The number of aromatic nitrogens is 4. The molecule has 3 aromatic rings. The molecule has 1 unspecified atom stereocenters. The van der Waals surface area contributed by atoms with Crippen molar-refractivity contribution in [2.24, 2.45) is 0 Å². The molecule has 10 heteroatoms. The molecule has 1 aliphatic heterocycles. The maximum Gasteiger partial charge on any atom is 0.273 e. The zero-order chi connectivity index (χ0) is 22.8. The van der Waals surface area contributed by atoms with Gasteiger partial charge < -0.3 is 19.7 Å². The van der Waals surface area contributed by atoms with Crippen LogP contribution in [-0.4, -0.2) is 56.8 Å². The summed E-state index contributed by atoms with van der Waals surface area (Å²) >= 11 is 0. The first-order valence-corrected chi connectivity index (χ1v) is 9.95. The lowest BCUT2D eigenvalue weighted by molar-refractivity contribution is 0.0821. The normalized spacial score (nSPS) is 14.3. The zero-order valence-corrected chi connectivity index (χ0v) is 18.1. The van der Waals surface area contributed by atoms with Gasteiger partial charge in [0.05, 0.1) is 30.5 Å². The van der Waals surface area contributed by atoms with E-state index in [2.05, 4.69) is 25.3 Å². The summed E-state index contributed by atoms with van der Waals surface area (Å²) in [6.07, 6.45) is 6.35. The largest absolute Gasteiger partial charge is 0.490 e. The summed E-state index contributed by atoms with van der Waals surface area (Å²) in [7, 11) is 3.27. The average Bonchev–Trinajstić information content (AvgIpc) is 3.15. The number of benzene rings is 1. The maximum absolute atomic E-state index is 12.8. The van der Waals surface area contributed by atoms with Gasteiger partial charge in [0, 0.05) is 31.6 Å². The van der Waals surface area contributed by atoms with Crippen LogP contribution in [0.5, 0.6) is 17.4 Å². The van der Waals surface area contributed by atoms with Crippen LogP contribution in [-0.2, 0) is 6.42 Å². The van der Waals surface area contributed by atoms with Gasteiger partial charge in [-0.1, -0.05) is 0 Å². The van der Waals surface area contributed by atoms with Gasteiger partial charge in [-0.3, -0.25) is 14.6 Å². The molecule has 0 fully saturated rings. The number of ether oxygens (including phenoxy) is 2. The third-order valence-corrected chi connectivity index (χ3v) is 4.74. The topological polar surface area (TPSA) is 119 Å². The Labute approximate surface area is 184 Å². The van der Waals surface area contributed by atoms with Crippen LogP contribution in [0.3, 0.4) is 0 Å². The monoisotopic (exact) mass is 434 g/mol. The Kier molecular flexibility index (Phi) is 5.67. The van der Waals surface area contributed by atoms with Crippen LogP contribution in [0.2, 0.25) is 0 Å². The van der Waals surface area contributed by atoms with Crippen molar-refractivity contribution in [1.29, 1.82) is 0 Å². The second kappa shape index (κ2) is 8.58.